The maximum Gasteiger partial charge on any atom is 0.0247 e. The van der Waals surface area contributed by atoms with Gasteiger partial charge in [-0.05, 0) is 50.0 Å². The molecule has 1 aromatic rings. The molecule has 1 aliphatic rings. The van der Waals surface area contributed by atoms with Crippen LogP contribution in [0.5, 0.6) is 0 Å². The average Bonchev–Trinajstić information content (AvgIpc) is 2.44. The summed E-state index contributed by atoms with van der Waals surface area (Å²) in [6.07, 6.45) is 6.78. The highest BCUT2D eigenvalue weighted by Crippen LogP contribution is 2.26. The maximum absolute atomic E-state index is 3.75. The van der Waals surface area contributed by atoms with Crippen molar-refractivity contribution in [1.82, 2.24) is 10.2 Å². The first kappa shape index (κ1) is 16.0. The second kappa shape index (κ2) is 8.16. The number of benzene rings is 1. The Bertz CT molecular complexity index is 417. The molecule has 1 aromatic carbocycles. The van der Waals surface area contributed by atoms with Crippen molar-refractivity contribution in [2.75, 3.05) is 13.6 Å². The van der Waals surface area contributed by atoms with Gasteiger partial charge >= 0.3 is 0 Å². The lowest BCUT2D eigenvalue weighted by Crippen LogP contribution is -2.38. The van der Waals surface area contributed by atoms with Crippen LogP contribution < -0.4 is 5.32 Å². The standard InChI is InChI=1S/C17H27BrN2/c1-3-6-16-7-4-5-10-20(16)13-15-9-8-14(12-19-2)11-17(15)18/h8-9,11,16,19H,3-7,10,12-13H2,1-2H3. The molecule has 0 spiro atoms. The van der Waals surface area contributed by atoms with Crippen LogP contribution in [-0.4, -0.2) is 24.5 Å². The van der Waals surface area contributed by atoms with E-state index < -0.39 is 0 Å². The van der Waals surface area contributed by atoms with Gasteiger partial charge in [0.15, 0.2) is 0 Å². The van der Waals surface area contributed by atoms with Gasteiger partial charge < -0.3 is 5.32 Å². The van der Waals surface area contributed by atoms with Gasteiger partial charge in [0.1, 0.15) is 0 Å². The van der Waals surface area contributed by atoms with E-state index in [0.717, 1.165) is 19.1 Å². The molecule has 2 rings (SSSR count). The summed E-state index contributed by atoms with van der Waals surface area (Å²) in [6.45, 7) is 5.58. The Labute approximate surface area is 132 Å². The number of hydrogen-bond acceptors (Lipinski definition) is 2. The third kappa shape index (κ3) is 4.31. The molecule has 0 saturated carbocycles. The lowest BCUT2D eigenvalue weighted by atomic mass is 9.97. The Kier molecular flexibility index (Phi) is 6.53. The SMILES string of the molecule is CCCC1CCCCN1Cc1ccc(CNC)cc1Br. The van der Waals surface area contributed by atoms with Crippen LogP contribution in [0, 0.1) is 0 Å². The van der Waals surface area contributed by atoms with E-state index in [1.165, 1.54) is 54.2 Å². The van der Waals surface area contributed by atoms with Gasteiger partial charge in [0.2, 0.25) is 0 Å². The molecule has 1 saturated heterocycles. The fraction of sp³-hybridized carbons (Fsp3) is 0.647. The fourth-order valence-corrected chi connectivity index (χ4v) is 3.73. The first-order valence-corrected chi connectivity index (χ1v) is 8.69. The van der Waals surface area contributed by atoms with Crippen molar-refractivity contribution in [2.24, 2.45) is 0 Å². The fourth-order valence-electron chi connectivity index (χ4n) is 3.18. The van der Waals surface area contributed by atoms with Gasteiger partial charge in [0.25, 0.3) is 0 Å². The molecule has 1 N–H and O–H groups in total. The van der Waals surface area contributed by atoms with Crippen LogP contribution in [0.4, 0.5) is 0 Å². The second-order valence-corrected chi connectivity index (χ2v) is 6.72. The van der Waals surface area contributed by atoms with Gasteiger partial charge in [-0.3, -0.25) is 4.90 Å². The van der Waals surface area contributed by atoms with Gasteiger partial charge in [-0.25, -0.2) is 0 Å². The zero-order valence-electron chi connectivity index (χ0n) is 12.8. The maximum atomic E-state index is 3.75. The van der Waals surface area contributed by atoms with Crippen LogP contribution in [0.3, 0.4) is 0 Å². The highest BCUT2D eigenvalue weighted by molar-refractivity contribution is 9.10. The number of likely N-dealkylation sites (tertiary alicyclic amines) is 1. The van der Waals surface area contributed by atoms with Crippen molar-refractivity contribution in [2.45, 2.75) is 58.2 Å². The molecule has 0 radical (unpaired) electrons. The number of nitrogens with one attached hydrogen (secondary N) is 1. The zero-order chi connectivity index (χ0) is 14.4. The Morgan fingerprint density at radius 2 is 2.20 bits per heavy atom. The molecule has 3 heteroatoms. The summed E-state index contributed by atoms with van der Waals surface area (Å²) < 4.78 is 1.26. The van der Waals surface area contributed by atoms with E-state index in [-0.39, 0.29) is 0 Å². The van der Waals surface area contributed by atoms with E-state index in [9.17, 15) is 0 Å². The molecule has 0 bridgehead atoms. The van der Waals surface area contributed by atoms with Crippen molar-refractivity contribution in [3.8, 4) is 0 Å². The number of halogens is 1. The first-order valence-electron chi connectivity index (χ1n) is 7.90. The molecule has 2 nitrogen and oxygen atoms in total. The zero-order valence-corrected chi connectivity index (χ0v) is 14.4. The van der Waals surface area contributed by atoms with Crippen LogP contribution in [0.25, 0.3) is 0 Å². The molecule has 1 aliphatic heterocycles. The Hall–Kier alpha value is -0.380. The molecule has 1 heterocycles. The number of piperidine rings is 1. The van der Waals surface area contributed by atoms with E-state index in [2.05, 4.69) is 51.3 Å². The lowest BCUT2D eigenvalue weighted by molar-refractivity contribution is 0.131. The predicted molar refractivity (Wildman–Crippen MR) is 89.9 cm³/mol. The smallest absolute Gasteiger partial charge is 0.0247 e. The minimum atomic E-state index is 0.789. The lowest BCUT2D eigenvalue weighted by Gasteiger charge is -2.36. The van der Waals surface area contributed by atoms with Gasteiger partial charge in [-0.1, -0.05) is 47.8 Å². The van der Waals surface area contributed by atoms with Crippen LogP contribution in [0.1, 0.15) is 50.2 Å². The van der Waals surface area contributed by atoms with E-state index >= 15 is 0 Å². The summed E-state index contributed by atoms with van der Waals surface area (Å²) in [6, 6.07) is 7.58. The molecule has 0 aliphatic carbocycles. The van der Waals surface area contributed by atoms with Gasteiger partial charge in [-0.15, -0.1) is 0 Å². The quantitative estimate of drug-likeness (QED) is 0.830. The van der Waals surface area contributed by atoms with Crippen LogP contribution in [0.15, 0.2) is 22.7 Å². The van der Waals surface area contributed by atoms with Crippen molar-refractivity contribution < 1.29 is 0 Å². The normalized spacial score (nSPS) is 20.2. The molecule has 1 fully saturated rings. The van der Waals surface area contributed by atoms with Crippen molar-refractivity contribution in [3.05, 3.63) is 33.8 Å². The molecule has 0 aromatic heterocycles. The minimum Gasteiger partial charge on any atom is -0.316 e. The third-order valence-corrected chi connectivity index (χ3v) is 4.98. The van der Waals surface area contributed by atoms with Gasteiger partial charge in [-0.2, -0.15) is 0 Å². The molecule has 112 valence electrons. The van der Waals surface area contributed by atoms with E-state index in [1.807, 2.05) is 7.05 Å². The summed E-state index contributed by atoms with van der Waals surface area (Å²) in [5.41, 5.74) is 2.76. The van der Waals surface area contributed by atoms with Gasteiger partial charge in [0, 0.05) is 23.6 Å². The summed E-state index contributed by atoms with van der Waals surface area (Å²) in [7, 11) is 1.99. The second-order valence-electron chi connectivity index (χ2n) is 5.86. The van der Waals surface area contributed by atoms with Crippen molar-refractivity contribution >= 4 is 15.9 Å². The molecule has 1 atom stereocenters. The largest absolute Gasteiger partial charge is 0.316 e. The van der Waals surface area contributed by atoms with Crippen LogP contribution in [-0.2, 0) is 13.1 Å². The Morgan fingerprint density at radius 1 is 1.35 bits per heavy atom. The van der Waals surface area contributed by atoms with Gasteiger partial charge in [0.05, 0.1) is 0 Å². The highest BCUT2D eigenvalue weighted by Gasteiger charge is 2.22. The molecular formula is C17H27BrN2. The van der Waals surface area contributed by atoms with Crippen molar-refractivity contribution in [1.29, 1.82) is 0 Å². The molecule has 0 amide bonds. The third-order valence-electron chi connectivity index (χ3n) is 4.24. The van der Waals surface area contributed by atoms with Crippen LogP contribution >= 0.6 is 15.9 Å². The van der Waals surface area contributed by atoms with Crippen molar-refractivity contribution in [3.63, 3.8) is 0 Å². The topological polar surface area (TPSA) is 15.3 Å². The van der Waals surface area contributed by atoms with E-state index in [0.29, 0.717) is 0 Å². The molecular weight excluding hydrogens is 312 g/mol. The number of nitrogens with zero attached hydrogens (tertiary/aromatic N) is 1. The molecule has 1 unspecified atom stereocenters. The number of hydrogen-bond donors (Lipinski definition) is 1. The summed E-state index contributed by atoms with van der Waals surface area (Å²) in [4.78, 5) is 2.69. The Balaban J connectivity index is 2.04. The number of rotatable bonds is 6. The van der Waals surface area contributed by atoms with E-state index in [4.69, 9.17) is 0 Å². The Morgan fingerprint density at radius 3 is 2.90 bits per heavy atom. The summed E-state index contributed by atoms with van der Waals surface area (Å²) in [5, 5.41) is 3.20. The average molecular weight is 339 g/mol. The molecule has 20 heavy (non-hydrogen) atoms. The predicted octanol–water partition coefficient (Wildman–Crippen LogP) is 4.32. The van der Waals surface area contributed by atoms with E-state index in [1.54, 1.807) is 0 Å². The summed E-state index contributed by atoms with van der Waals surface area (Å²) in [5.74, 6) is 0. The highest BCUT2D eigenvalue weighted by atomic mass is 79.9. The monoisotopic (exact) mass is 338 g/mol. The minimum absolute atomic E-state index is 0.789. The first-order chi connectivity index (χ1) is 9.74. The van der Waals surface area contributed by atoms with Crippen LogP contribution in [0.2, 0.25) is 0 Å². The summed E-state index contributed by atoms with van der Waals surface area (Å²) >= 11 is 3.75.